The third-order valence-electron chi connectivity index (χ3n) is 6.70. The zero-order valence-corrected chi connectivity index (χ0v) is 20.5. The summed E-state index contributed by atoms with van der Waals surface area (Å²) in [6.45, 7) is 3.76. The smallest absolute Gasteiger partial charge is 0.347 e. The lowest BCUT2D eigenvalue weighted by Crippen LogP contribution is -2.45. The van der Waals surface area contributed by atoms with Crippen LogP contribution in [0.25, 0.3) is 11.0 Å². The van der Waals surface area contributed by atoms with Crippen LogP contribution >= 0.6 is 0 Å². The topological polar surface area (TPSA) is 99.5 Å². The van der Waals surface area contributed by atoms with Gasteiger partial charge >= 0.3 is 6.18 Å². The Labute approximate surface area is 212 Å². The Hall–Kier alpha value is -3.44. The Morgan fingerprint density at radius 3 is 2.49 bits per heavy atom. The van der Waals surface area contributed by atoms with Gasteiger partial charge in [-0.25, -0.2) is 10.5 Å². The summed E-state index contributed by atoms with van der Waals surface area (Å²) < 4.78 is 41.9. The summed E-state index contributed by atoms with van der Waals surface area (Å²) >= 11 is 0. The number of rotatable bonds is 9. The number of benzene rings is 2. The van der Waals surface area contributed by atoms with Gasteiger partial charge in [0.25, 0.3) is 5.91 Å². The van der Waals surface area contributed by atoms with Gasteiger partial charge in [-0.15, -0.1) is 0 Å². The number of nitrogens with one attached hydrogen (secondary N) is 2. The standard InChI is InChI=1S/C26H30F3N5O3/c1-2-3-6-13-33-15-19(24(36)32-37)21(16-33)30-23(35)18-11-9-17(10-12-18)14-34-22-8-5-4-7-20(22)31-25(34)26(27,28)29/h4-5,7-12,19,21,37H,2-3,6,13-16H2,1H3,(H,30,35)(H,32,36)/t19-,21+/m0/s1. The molecule has 2 aromatic carbocycles. The summed E-state index contributed by atoms with van der Waals surface area (Å²) in [7, 11) is 0. The van der Waals surface area contributed by atoms with Crippen molar-refractivity contribution in [1.82, 2.24) is 25.2 Å². The van der Waals surface area contributed by atoms with E-state index < -0.39 is 35.8 Å². The van der Waals surface area contributed by atoms with E-state index in [1.165, 1.54) is 6.07 Å². The van der Waals surface area contributed by atoms with E-state index >= 15 is 0 Å². The van der Waals surface area contributed by atoms with Crippen LogP contribution in [0.5, 0.6) is 0 Å². The number of likely N-dealkylation sites (tertiary alicyclic amines) is 1. The molecule has 3 N–H and O–H groups in total. The molecule has 0 spiro atoms. The highest BCUT2D eigenvalue weighted by Gasteiger charge is 2.39. The molecular formula is C26H30F3N5O3. The molecule has 37 heavy (non-hydrogen) atoms. The van der Waals surface area contributed by atoms with E-state index in [2.05, 4.69) is 22.1 Å². The van der Waals surface area contributed by atoms with Crippen molar-refractivity contribution in [2.45, 2.75) is 44.9 Å². The molecule has 1 aliphatic heterocycles. The SMILES string of the molecule is CCCCCN1C[C@H](C(=O)NO)[C@H](NC(=O)c2ccc(Cn3c(C(F)(F)F)nc4ccccc43)cc2)C1. The van der Waals surface area contributed by atoms with Crippen molar-refractivity contribution in [2.24, 2.45) is 5.92 Å². The molecule has 0 unspecified atom stereocenters. The summed E-state index contributed by atoms with van der Waals surface area (Å²) in [6, 6.07) is 12.2. The molecule has 1 saturated heterocycles. The maximum Gasteiger partial charge on any atom is 0.449 e. The monoisotopic (exact) mass is 517 g/mol. The molecule has 1 aliphatic rings. The molecule has 0 aliphatic carbocycles. The maximum absolute atomic E-state index is 13.6. The quantitative estimate of drug-likeness (QED) is 0.228. The highest BCUT2D eigenvalue weighted by Crippen LogP contribution is 2.32. The molecule has 0 bridgehead atoms. The first kappa shape index (κ1) is 26.6. The Morgan fingerprint density at radius 1 is 1.08 bits per heavy atom. The minimum Gasteiger partial charge on any atom is -0.347 e. The molecule has 2 amide bonds. The van der Waals surface area contributed by atoms with Crippen molar-refractivity contribution in [3.05, 3.63) is 65.5 Å². The fourth-order valence-corrected chi connectivity index (χ4v) is 4.80. The molecule has 0 saturated carbocycles. The van der Waals surface area contributed by atoms with Crippen LogP contribution in [0.15, 0.2) is 48.5 Å². The fraction of sp³-hybridized carbons (Fsp3) is 0.423. The van der Waals surface area contributed by atoms with Crippen molar-refractivity contribution in [1.29, 1.82) is 0 Å². The Bertz CT molecular complexity index is 1240. The van der Waals surface area contributed by atoms with Gasteiger partial charge < -0.3 is 14.8 Å². The number of unbranched alkanes of at least 4 members (excludes halogenated alkanes) is 2. The summed E-state index contributed by atoms with van der Waals surface area (Å²) in [4.78, 5) is 31.0. The van der Waals surface area contributed by atoms with Crippen LogP contribution in [0.3, 0.4) is 0 Å². The van der Waals surface area contributed by atoms with Crippen LogP contribution in [0, 0.1) is 5.92 Å². The number of amides is 2. The van der Waals surface area contributed by atoms with Crippen LogP contribution in [0.4, 0.5) is 13.2 Å². The lowest BCUT2D eigenvalue weighted by atomic mass is 10.0. The van der Waals surface area contributed by atoms with Crippen LogP contribution in [0.1, 0.15) is 47.9 Å². The Morgan fingerprint density at radius 2 is 1.81 bits per heavy atom. The van der Waals surface area contributed by atoms with Gasteiger partial charge in [-0.3, -0.25) is 14.8 Å². The van der Waals surface area contributed by atoms with Crippen molar-refractivity contribution in [2.75, 3.05) is 19.6 Å². The number of nitrogens with zero attached hydrogens (tertiary/aromatic N) is 3. The van der Waals surface area contributed by atoms with Crippen LogP contribution in [-0.4, -0.2) is 57.1 Å². The van der Waals surface area contributed by atoms with Gasteiger partial charge in [0.15, 0.2) is 0 Å². The molecule has 0 radical (unpaired) electrons. The van der Waals surface area contributed by atoms with E-state index in [1.807, 2.05) is 0 Å². The number of para-hydroxylation sites is 2. The van der Waals surface area contributed by atoms with Gasteiger partial charge in [-0.1, -0.05) is 44.0 Å². The number of imidazole rings is 1. The number of carbonyl (C=O) groups excluding carboxylic acids is 2. The molecule has 4 rings (SSSR count). The third-order valence-corrected chi connectivity index (χ3v) is 6.70. The second-order valence-electron chi connectivity index (χ2n) is 9.33. The number of halogens is 3. The van der Waals surface area contributed by atoms with Crippen molar-refractivity contribution >= 4 is 22.8 Å². The second kappa shape index (κ2) is 11.3. The summed E-state index contributed by atoms with van der Waals surface area (Å²) in [6.07, 6.45) is -1.49. The zero-order chi connectivity index (χ0) is 26.6. The minimum absolute atomic E-state index is 0.0641. The number of carbonyl (C=O) groups is 2. The van der Waals surface area contributed by atoms with Crippen LogP contribution in [0.2, 0.25) is 0 Å². The lowest BCUT2D eigenvalue weighted by molar-refractivity contribution is -0.146. The van der Waals surface area contributed by atoms with Crippen molar-refractivity contribution in [3.63, 3.8) is 0 Å². The number of alkyl halides is 3. The van der Waals surface area contributed by atoms with Gasteiger partial charge in [-0.2, -0.15) is 13.2 Å². The van der Waals surface area contributed by atoms with Crippen molar-refractivity contribution in [3.8, 4) is 0 Å². The summed E-state index contributed by atoms with van der Waals surface area (Å²) in [5.74, 6) is -2.52. The van der Waals surface area contributed by atoms with Gasteiger partial charge in [0.1, 0.15) is 0 Å². The van der Waals surface area contributed by atoms with E-state index in [1.54, 1.807) is 47.9 Å². The van der Waals surface area contributed by atoms with Crippen LogP contribution < -0.4 is 10.8 Å². The van der Waals surface area contributed by atoms with Gasteiger partial charge in [0.2, 0.25) is 11.7 Å². The Balaban J connectivity index is 1.46. The highest BCUT2D eigenvalue weighted by atomic mass is 19.4. The first-order valence-electron chi connectivity index (χ1n) is 12.3. The molecule has 1 fully saturated rings. The molecule has 198 valence electrons. The first-order chi connectivity index (χ1) is 17.7. The van der Waals surface area contributed by atoms with Gasteiger partial charge in [0, 0.05) is 25.2 Å². The largest absolute Gasteiger partial charge is 0.449 e. The molecule has 11 heteroatoms. The van der Waals surface area contributed by atoms with E-state index in [-0.39, 0.29) is 12.1 Å². The lowest BCUT2D eigenvalue weighted by Gasteiger charge is -2.18. The third kappa shape index (κ3) is 6.11. The first-order valence-corrected chi connectivity index (χ1v) is 12.3. The predicted octanol–water partition coefficient (Wildman–Crippen LogP) is 3.83. The zero-order valence-electron chi connectivity index (χ0n) is 20.5. The molecule has 8 nitrogen and oxygen atoms in total. The van der Waals surface area contributed by atoms with Crippen LogP contribution in [-0.2, 0) is 17.5 Å². The minimum atomic E-state index is -4.61. The second-order valence-corrected chi connectivity index (χ2v) is 9.33. The van der Waals surface area contributed by atoms with Gasteiger partial charge in [-0.05, 0) is 42.8 Å². The Kier molecular flexibility index (Phi) is 8.13. The fourth-order valence-electron chi connectivity index (χ4n) is 4.80. The number of hydroxylamine groups is 1. The summed E-state index contributed by atoms with van der Waals surface area (Å²) in [5, 5.41) is 12.0. The van der Waals surface area contributed by atoms with E-state index in [0.717, 1.165) is 30.4 Å². The average Bonchev–Trinajstić information content (AvgIpc) is 3.45. The normalized spacial score (nSPS) is 18.3. The van der Waals surface area contributed by atoms with Crippen molar-refractivity contribution < 1.29 is 28.0 Å². The molecular weight excluding hydrogens is 487 g/mol. The van der Waals surface area contributed by atoms with E-state index in [9.17, 15) is 22.8 Å². The molecule has 2 heterocycles. The number of hydrogen-bond donors (Lipinski definition) is 3. The van der Waals surface area contributed by atoms with Gasteiger partial charge in [0.05, 0.1) is 23.0 Å². The average molecular weight is 518 g/mol. The van der Waals surface area contributed by atoms with E-state index in [0.29, 0.717) is 29.7 Å². The molecule has 2 atom stereocenters. The number of aromatic nitrogens is 2. The predicted molar refractivity (Wildman–Crippen MR) is 131 cm³/mol. The molecule has 3 aromatic rings. The number of hydrogen-bond acceptors (Lipinski definition) is 5. The number of fused-ring (bicyclic) bond motifs is 1. The van der Waals surface area contributed by atoms with E-state index in [4.69, 9.17) is 5.21 Å². The highest BCUT2D eigenvalue weighted by molar-refractivity contribution is 5.95. The summed E-state index contributed by atoms with van der Waals surface area (Å²) in [5.41, 5.74) is 3.21. The molecule has 1 aromatic heterocycles. The maximum atomic E-state index is 13.6.